The molecule has 0 bridgehead atoms. The van der Waals surface area contributed by atoms with Crippen LogP contribution in [0.3, 0.4) is 0 Å². The van der Waals surface area contributed by atoms with E-state index in [0.29, 0.717) is 6.04 Å². The molecule has 2 aromatic rings. The van der Waals surface area contributed by atoms with Crippen molar-refractivity contribution in [1.29, 1.82) is 0 Å². The van der Waals surface area contributed by atoms with Crippen LogP contribution in [-0.4, -0.2) is 37.2 Å². The molecule has 2 heterocycles. The Kier molecular flexibility index (Phi) is 3.37. The van der Waals surface area contributed by atoms with Crippen molar-refractivity contribution in [3.63, 3.8) is 0 Å². The largest absolute Gasteiger partial charge is 0.492 e. The molecule has 0 aliphatic carbocycles. The molecule has 3 nitrogen and oxygen atoms in total. The van der Waals surface area contributed by atoms with Gasteiger partial charge in [-0.25, -0.2) is 0 Å². The van der Waals surface area contributed by atoms with E-state index in [0.717, 1.165) is 38.5 Å². The third-order valence-corrected chi connectivity index (χ3v) is 4.45. The quantitative estimate of drug-likeness (QED) is 0.868. The number of rotatable bonds is 1. The topological polar surface area (TPSA) is 24.5 Å². The first-order valence-corrected chi connectivity index (χ1v) is 7.66. The van der Waals surface area contributed by atoms with E-state index in [-0.39, 0.29) is 0 Å². The van der Waals surface area contributed by atoms with E-state index in [9.17, 15) is 0 Å². The van der Waals surface area contributed by atoms with Crippen molar-refractivity contribution in [2.24, 2.45) is 0 Å². The zero-order chi connectivity index (χ0) is 14.1. The fourth-order valence-corrected chi connectivity index (χ4v) is 3.21. The highest BCUT2D eigenvalue weighted by Gasteiger charge is 2.26. The van der Waals surface area contributed by atoms with Crippen LogP contribution in [0, 0.1) is 0 Å². The van der Waals surface area contributed by atoms with Gasteiger partial charge in [-0.15, -0.1) is 0 Å². The summed E-state index contributed by atoms with van der Waals surface area (Å²) in [6.45, 7) is 4.98. The fourth-order valence-electron chi connectivity index (χ4n) is 3.21. The second kappa shape index (κ2) is 5.51. The van der Waals surface area contributed by atoms with Gasteiger partial charge in [0.05, 0.1) is 6.04 Å². The second-order valence-electron chi connectivity index (χ2n) is 5.83. The van der Waals surface area contributed by atoms with Crippen molar-refractivity contribution < 1.29 is 4.74 Å². The average Bonchev–Trinajstić information content (AvgIpc) is 2.74. The highest BCUT2D eigenvalue weighted by molar-refractivity contribution is 5.66. The number of nitrogens with one attached hydrogen (secondary N) is 1. The van der Waals surface area contributed by atoms with Crippen LogP contribution in [0.25, 0.3) is 11.1 Å². The molecule has 1 fully saturated rings. The summed E-state index contributed by atoms with van der Waals surface area (Å²) in [5.74, 6) is 1.05. The van der Waals surface area contributed by atoms with Crippen molar-refractivity contribution in [3.8, 4) is 16.9 Å². The number of piperazine rings is 1. The highest BCUT2D eigenvalue weighted by Crippen LogP contribution is 2.30. The van der Waals surface area contributed by atoms with E-state index in [4.69, 9.17) is 4.74 Å². The van der Waals surface area contributed by atoms with Gasteiger partial charge >= 0.3 is 0 Å². The Hall–Kier alpha value is -1.84. The maximum Gasteiger partial charge on any atom is 0.124 e. The minimum absolute atomic E-state index is 0.492. The molecule has 0 amide bonds. The lowest BCUT2D eigenvalue weighted by molar-refractivity contribution is 0.120. The third kappa shape index (κ3) is 2.55. The van der Waals surface area contributed by atoms with Crippen LogP contribution in [0.4, 0.5) is 0 Å². The first-order valence-electron chi connectivity index (χ1n) is 7.66. The van der Waals surface area contributed by atoms with E-state index >= 15 is 0 Å². The Morgan fingerprint density at radius 1 is 1.05 bits per heavy atom. The number of ether oxygens (including phenoxy) is 1. The number of nitrogens with zero attached hydrogens (tertiary/aromatic N) is 1. The molecule has 1 N–H and O–H groups in total. The SMILES string of the molecule is c1ccc(-c2ccc3c(c2)OCC2CNCCN2C3)cc1. The van der Waals surface area contributed by atoms with Gasteiger partial charge in [0.15, 0.2) is 0 Å². The van der Waals surface area contributed by atoms with Crippen LogP contribution in [0.1, 0.15) is 5.56 Å². The van der Waals surface area contributed by atoms with Crippen molar-refractivity contribution >= 4 is 0 Å². The molecular formula is C18H20N2O. The minimum Gasteiger partial charge on any atom is -0.492 e. The second-order valence-corrected chi connectivity index (χ2v) is 5.83. The standard InChI is InChI=1S/C18H20N2O/c1-2-4-14(5-3-1)15-6-7-16-12-20-9-8-19-11-17(20)13-21-18(16)10-15/h1-7,10,17,19H,8-9,11-13H2. The molecule has 21 heavy (non-hydrogen) atoms. The van der Waals surface area contributed by atoms with Crippen LogP contribution >= 0.6 is 0 Å². The minimum atomic E-state index is 0.492. The van der Waals surface area contributed by atoms with Gasteiger partial charge < -0.3 is 10.1 Å². The summed E-state index contributed by atoms with van der Waals surface area (Å²) in [6, 6.07) is 17.6. The number of hydrogen-bond donors (Lipinski definition) is 1. The van der Waals surface area contributed by atoms with Gasteiger partial charge in [-0.05, 0) is 17.2 Å². The maximum absolute atomic E-state index is 6.10. The number of hydrogen-bond acceptors (Lipinski definition) is 3. The maximum atomic E-state index is 6.10. The molecule has 4 rings (SSSR count). The molecule has 2 aromatic carbocycles. The van der Waals surface area contributed by atoms with Gasteiger partial charge in [-0.3, -0.25) is 4.90 Å². The van der Waals surface area contributed by atoms with Crippen molar-refractivity contribution in [1.82, 2.24) is 10.2 Å². The van der Waals surface area contributed by atoms with Crippen LogP contribution in [-0.2, 0) is 6.54 Å². The van der Waals surface area contributed by atoms with Gasteiger partial charge in [-0.1, -0.05) is 42.5 Å². The van der Waals surface area contributed by atoms with E-state index < -0.39 is 0 Å². The van der Waals surface area contributed by atoms with Crippen LogP contribution in [0.15, 0.2) is 48.5 Å². The summed E-state index contributed by atoms with van der Waals surface area (Å²) < 4.78 is 6.10. The molecule has 0 aromatic heterocycles. The third-order valence-electron chi connectivity index (χ3n) is 4.45. The van der Waals surface area contributed by atoms with Gasteiger partial charge in [-0.2, -0.15) is 0 Å². The molecule has 1 saturated heterocycles. The summed E-state index contributed by atoms with van der Waals surface area (Å²) in [5, 5.41) is 3.45. The van der Waals surface area contributed by atoms with E-state index in [1.807, 2.05) is 0 Å². The normalized spacial score (nSPS) is 21.8. The van der Waals surface area contributed by atoms with E-state index in [1.165, 1.54) is 16.7 Å². The van der Waals surface area contributed by atoms with Crippen molar-refractivity contribution in [2.75, 3.05) is 26.2 Å². The van der Waals surface area contributed by atoms with E-state index in [1.54, 1.807) is 0 Å². The highest BCUT2D eigenvalue weighted by atomic mass is 16.5. The Morgan fingerprint density at radius 2 is 1.95 bits per heavy atom. The van der Waals surface area contributed by atoms with Gasteiger partial charge in [0.2, 0.25) is 0 Å². The first-order chi connectivity index (χ1) is 10.4. The first kappa shape index (κ1) is 12.9. The Morgan fingerprint density at radius 3 is 2.86 bits per heavy atom. The van der Waals surface area contributed by atoms with Crippen LogP contribution in [0.2, 0.25) is 0 Å². The van der Waals surface area contributed by atoms with E-state index in [2.05, 4.69) is 58.7 Å². The van der Waals surface area contributed by atoms with Crippen LogP contribution < -0.4 is 10.1 Å². The predicted molar refractivity (Wildman–Crippen MR) is 84.4 cm³/mol. The summed E-state index contributed by atoms with van der Waals surface area (Å²) in [5.41, 5.74) is 3.78. The lowest BCUT2D eigenvalue weighted by Crippen LogP contribution is -2.52. The van der Waals surface area contributed by atoms with Gasteiger partial charge in [0, 0.05) is 31.7 Å². The molecule has 108 valence electrons. The van der Waals surface area contributed by atoms with Crippen LogP contribution in [0.5, 0.6) is 5.75 Å². The zero-order valence-corrected chi connectivity index (χ0v) is 12.1. The van der Waals surface area contributed by atoms with Crippen molar-refractivity contribution in [2.45, 2.75) is 12.6 Å². The molecule has 0 spiro atoms. The lowest BCUT2D eigenvalue weighted by Gasteiger charge is -2.33. The molecule has 2 aliphatic heterocycles. The summed E-state index contributed by atoms with van der Waals surface area (Å²) >= 11 is 0. The lowest BCUT2D eigenvalue weighted by atomic mass is 10.0. The van der Waals surface area contributed by atoms with Crippen molar-refractivity contribution in [3.05, 3.63) is 54.1 Å². The smallest absolute Gasteiger partial charge is 0.124 e. The summed E-state index contributed by atoms with van der Waals surface area (Å²) in [4.78, 5) is 2.53. The average molecular weight is 280 g/mol. The predicted octanol–water partition coefficient (Wildman–Crippen LogP) is 2.52. The fraction of sp³-hybridized carbons (Fsp3) is 0.333. The van der Waals surface area contributed by atoms with Gasteiger partial charge in [0.25, 0.3) is 0 Å². The molecule has 2 aliphatic rings. The zero-order valence-electron chi connectivity index (χ0n) is 12.1. The molecule has 1 unspecified atom stereocenters. The molecule has 1 atom stereocenters. The summed E-state index contributed by atoms with van der Waals surface area (Å²) in [6.07, 6.45) is 0. The number of fused-ring (bicyclic) bond motifs is 2. The Balaban J connectivity index is 1.66. The summed E-state index contributed by atoms with van der Waals surface area (Å²) in [7, 11) is 0. The molecule has 0 radical (unpaired) electrons. The Bertz CT molecular complexity index is 626. The molecular weight excluding hydrogens is 260 g/mol. The Labute approximate surface area is 125 Å². The molecule has 0 saturated carbocycles. The van der Waals surface area contributed by atoms with Gasteiger partial charge in [0.1, 0.15) is 12.4 Å². The number of benzene rings is 2. The monoisotopic (exact) mass is 280 g/mol. The molecule has 3 heteroatoms.